The number of nitrogens with zero attached hydrogens (tertiary/aromatic N) is 4. The van der Waals surface area contributed by atoms with Crippen LogP contribution in [-0.4, -0.2) is 31.0 Å². The zero-order valence-corrected chi connectivity index (χ0v) is 10.5. The Kier molecular flexibility index (Phi) is 3.70. The van der Waals surface area contributed by atoms with Gasteiger partial charge in [-0.05, 0) is 37.9 Å². The van der Waals surface area contributed by atoms with E-state index in [1.54, 1.807) is 6.20 Å². The highest BCUT2D eigenvalue weighted by Crippen LogP contribution is 2.27. The third-order valence-electron chi connectivity index (χ3n) is 2.97. The maximum absolute atomic E-state index is 11.3. The maximum Gasteiger partial charge on any atom is 0.320 e. The number of carbonyl (C=O) groups is 1. The van der Waals surface area contributed by atoms with Gasteiger partial charge in [0.15, 0.2) is 0 Å². The van der Waals surface area contributed by atoms with E-state index >= 15 is 0 Å². The lowest BCUT2D eigenvalue weighted by molar-refractivity contribution is 0.253. The minimum absolute atomic E-state index is 0.480. The average molecular weight is 257 g/mol. The number of aromatic nitrogens is 1. The number of aryl methyl sites for hydroxylation is 1. The number of rotatable bonds is 3. The Morgan fingerprint density at radius 3 is 2.95 bits per heavy atom. The van der Waals surface area contributed by atoms with Crippen molar-refractivity contribution in [2.45, 2.75) is 12.8 Å². The number of hydrogen-bond donors (Lipinski definition) is 1. The van der Waals surface area contributed by atoms with Crippen molar-refractivity contribution in [2.24, 2.45) is 15.7 Å². The van der Waals surface area contributed by atoms with Crippen LogP contribution in [0.3, 0.4) is 0 Å². The van der Waals surface area contributed by atoms with Crippen molar-refractivity contribution in [3.05, 3.63) is 29.6 Å². The van der Waals surface area contributed by atoms with Crippen LogP contribution in [0.1, 0.15) is 17.5 Å². The van der Waals surface area contributed by atoms with Crippen molar-refractivity contribution in [3.8, 4) is 0 Å². The van der Waals surface area contributed by atoms with Gasteiger partial charge in [-0.3, -0.25) is 14.9 Å². The summed E-state index contributed by atoms with van der Waals surface area (Å²) in [5, 5.41) is 0. The zero-order valence-electron chi connectivity index (χ0n) is 10.5. The number of urea groups is 1. The van der Waals surface area contributed by atoms with Crippen LogP contribution in [0.5, 0.6) is 0 Å². The standard InChI is InChI=1S/C13H15N5O/c1-15-8-11(16-2)10-6-9-4-3-5-18(13(14)19)12(9)17-7-10/h6-8H,1-5H2,(H2,14,19)/b11-8-. The Morgan fingerprint density at radius 1 is 1.53 bits per heavy atom. The van der Waals surface area contributed by atoms with Gasteiger partial charge in [-0.25, -0.2) is 9.78 Å². The molecule has 0 spiro atoms. The van der Waals surface area contributed by atoms with E-state index in [0.29, 0.717) is 18.1 Å². The molecular weight excluding hydrogens is 242 g/mol. The minimum atomic E-state index is -0.480. The molecule has 0 bridgehead atoms. The molecule has 0 atom stereocenters. The molecule has 2 N–H and O–H groups in total. The quantitative estimate of drug-likeness (QED) is 0.834. The smallest absolute Gasteiger partial charge is 0.320 e. The molecule has 6 heteroatoms. The van der Waals surface area contributed by atoms with Gasteiger partial charge in [0.2, 0.25) is 0 Å². The van der Waals surface area contributed by atoms with Crippen molar-refractivity contribution in [2.75, 3.05) is 11.4 Å². The number of primary amides is 1. The lowest BCUT2D eigenvalue weighted by atomic mass is 10.0. The van der Waals surface area contributed by atoms with E-state index < -0.39 is 6.03 Å². The second-order valence-corrected chi connectivity index (χ2v) is 4.16. The number of nitrogens with two attached hydrogens (primary N) is 1. The maximum atomic E-state index is 11.3. The summed E-state index contributed by atoms with van der Waals surface area (Å²) >= 11 is 0. The fourth-order valence-corrected chi connectivity index (χ4v) is 2.11. The van der Waals surface area contributed by atoms with E-state index in [1.807, 2.05) is 6.07 Å². The number of aliphatic imine (C=N–C) groups is 2. The summed E-state index contributed by atoms with van der Waals surface area (Å²) in [4.78, 5) is 24.7. The van der Waals surface area contributed by atoms with Crippen LogP contribution in [0.25, 0.3) is 5.70 Å². The molecule has 0 saturated heterocycles. The summed E-state index contributed by atoms with van der Waals surface area (Å²) in [5.74, 6) is 0.623. The summed E-state index contributed by atoms with van der Waals surface area (Å²) in [6, 6.07) is 1.45. The number of anilines is 1. The Hall–Kier alpha value is -2.50. The van der Waals surface area contributed by atoms with Crippen LogP contribution < -0.4 is 10.6 Å². The third-order valence-corrected chi connectivity index (χ3v) is 2.97. The molecule has 19 heavy (non-hydrogen) atoms. The third kappa shape index (κ3) is 2.52. The predicted molar refractivity (Wildman–Crippen MR) is 76.6 cm³/mol. The van der Waals surface area contributed by atoms with Crippen molar-refractivity contribution in [3.63, 3.8) is 0 Å². The van der Waals surface area contributed by atoms with E-state index in [0.717, 1.165) is 24.0 Å². The van der Waals surface area contributed by atoms with Crippen molar-refractivity contribution >= 4 is 31.0 Å². The Balaban J connectivity index is 2.44. The topological polar surface area (TPSA) is 83.9 Å². The Morgan fingerprint density at radius 2 is 2.32 bits per heavy atom. The second kappa shape index (κ2) is 5.43. The van der Waals surface area contributed by atoms with Crippen LogP contribution in [0.15, 0.2) is 28.4 Å². The van der Waals surface area contributed by atoms with Gasteiger partial charge in [0.25, 0.3) is 0 Å². The molecule has 1 aromatic heterocycles. The first-order chi connectivity index (χ1) is 9.17. The van der Waals surface area contributed by atoms with E-state index in [-0.39, 0.29) is 0 Å². The molecule has 0 radical (unpaired) electrons. The van der Waals surface area contributed by atoms with Crippen molar-refractivity contribution in [1.82, 2.24) is 4.98 Å². The molecule has 1 aliphatic rings. The van der Waals surface area contributed by atoms with E-state index in [1.165, 1.54) is 11.1 Å². The fraction of sp³-hybridized carbons (Fsp3) is 0.231. The Bertz CT molecular complexity index is 564. The number of hydrogen-bond acceptors (Lipinski definition) is 4. The van der Waals surface area contributed by atoms with Crippen molar-refractivity contribution in [1.29, 1.82) is 0 Å². The summed E-state index contributed by atoms with van der Waals surface area (Å²) < 4.78 is 0. The summed E-state index contributed by atoms with van der Waals surface area (Å²) in [6.07, 6.45) is 4.87. The number of fused-ring (bicyclic) bond motifs is 1. The van der Waals surface area contributed by atoms with E-state index in [2.05, 4.69) is 28.4 Å². The minimum Gasteiger partial charge on any atom is -0.351 e. The van der Waals surface area contributed by atoms with Crippen LogP contribution in [0.4, 0.5) is 10.6 Å². The van der Waals surface area contributed by atoms with E-state index in [4.69, 9.17) is 5.73 Å². The van der Waals surface area contributed by atoms with Gasteiger partial charge in [-0.15, -0.1) is 0 Å². The van der Waals surface area contributed by atoms with Gasteiger partial charge >= 0.3 is 6.03 Å². The van der Waals surface area contributed by atoms with Gasteiger partial charge in [0.1, 0.15) is 5.82 Å². The number of carbonyl (C=O) groups excluding carboxylic acids is 1. The van der Waals surface area contributed by atoms with Crippen LogP contribution in [0, 0.1) is 0 Å². The SMILES string of the molecule is C=N/C=C(\N=C)c1cnc2c(c1)CCCN2C(N)=O. The van der Waals surface area contributed by atoms with Crippen LogP contribution >= 0.6 is 0 Å². The molecule has 0 aliphatic carbocycles. The second-order valence-electron chi connectivity index (χ2n) is 4.16. The van der Waals surface area contributed by atoms with Gasteiger partial charge in [-0.1, -0.05) is 0 Å². The van der Waals surface area contributed by atoms with Gasteiger partial charge in [0.05, 0.1) is 11.9 Å². The normalized spacial score (nSPS) is 14.7. The molecule has 1 aromatic rings. The molecule has 98 valence electrons. The lowest BCUT2D eigenvalue weighted by Gasteiger charge is -2.26. The molecule has 0 aromatic carbocycles. The highest BCUT2D eigenvalue weighted by atomic mass is 16.2. The first-order valence-corrected chi connectivity index (χ1v) is 5.86. The van der Waals surface area contributed by atoms with E-state index in [9.17, 15) is 4.79 Å². The molecule has 6 nitrogen and oxygen atoms in total. The molecule has 2 heterocycles. The molecule has 1 aliphatic heterocycles. The van der Waals surface area contributed by atoms with Crippen molar-refractivity contribution < 1.29 is 4.79 Å². The monoisotopic (exact) mass is 257 g/mol. The number of amides is 2. The molecule has 2 amide bonds. The first kappa shape index (κ1) is 12.9. The summed E-state index contributed by atoms with van der Waals surface area (Å²) in [6.45, 7) is 7.49. The van der Waals surface area contributed by atoms with Gasteiger partial charge in [-0.2, -0.15) is 0 Å². The lowest BCUT2D eigenvalue weighted by Crippen LogP contribution is -2.40. The molecular formula is C13H15N5O. The highest BCUT2D eigenvalue weighted by molar-refractivity contribution is 5.91. The largest absolute Gasteiger partial charge is 0.351 e. The molecule has 2 rings (SSSR count). The highest BCUT2D eigenvalue weighted by Gasteiger charge is 2.22. The summed E-state index contributed by atoms with van der Waals surface area (Å²) in [5.41, 5.74) is 7.71. The zero-order chi connectivity index (χ0) is 13.8. The Labute approximate surface area is 111 Å². The molecule has 0 fully saturated rings. The van der Waals surface area contributed by atoms with Crippen LogP contribution in [-0.2, 0) is 6.42 Å². The predicted octanol–water partition coefficient (Wildman–Crippen LogP) is 1.61. The first-order valence-electron chi connectivity index (χ1n) is 5.86. The molecule has 0 unspecified atom stereocenters. The summed E-state index contributed by atoms with van der Waals surface area (Å²) in [7, 11) is 0. The van der Waals surface area contributed by atoms with Crippen LogP contribution in [0.2, 0.25) is 0 Å². The fourth-order valence-electron chi connectivity index (χ4n) is 2.11. The van der Waals surface area contributed by atoms with Gasteiger partial charge < -0.3 is 5.73 Å². The molecule has 0 saturated carbocycles. The number of pyridine rings is 1. The van der Waals surface area contributed by atoms with Gasteiger partial charge in [0, 0.05) is 18.3 Å². The average Bonchev–Trinajstić information content (AvgIpc) is 2.43.